The molecule has 0 saturated heterocycles. The summed E-state index contributed by atoms with van der Waals surface area (Å²) in [6.45, 7) is 10.7. The van der Waals surface area contributed by atoms with E-state index in [1.54, 1.807) is 6.07 Å². The Kier molecular flexibility index (Phi) is 4.26. The van der Waals surface area contributed by atoms with Crippen LogP contribution in [-0.4, -0.2) is 5.11 Å². The van der Waals surface area contributed by atoms with E-state index in [2.05, 4.69) is 57.3 Å². The summed E-state index contributed by atoms with van der Waals surface area (Å²) in [5.74, 6) is 0.336. The smallest absolute Gasteiger partial charge is 0.118 e. The molecule has 1 atom stereocenters. The Bertz CT molecular complexity index is 608. The molecular weight excluding hydrogens is 258 g/mol. The molecule has 0 amide bonds. The van der Waals surface area contributed by atoms with Crippen LogP contribution in [0.1, 0.15) is 50.4 Å². The molecule has 0 heterocycles. The van der Waals surface area contributed by atoms with Crippen molar-refractivity contribution in [2.45, 2.75) is 46.1 Å². The molecule has 0 aliphatic carbocycles. The molecule has 0 aromatic heterocycles. The van der Waals surface area contributed by atoms with Crippen LogP contribution in [0.5, 0.6) is 5.75 Å². The molecule has 112 valence electrons. The van der Waals surface area contributed by atoms with Crippen LogP contribution in [0.25, 0.3) is 0 Å². The van der Waals surface area contributed by atoms with Gasteiger partial charge in [-0.3, -0.25) is 0 Å². The highest BCUT2D eigenvalue weighted by molar-refractivity contribution is 5.51. The maximum absolute atomic E-state index is 9.57. The van der Waals surface area contributed by atoms with Crippen LogP contribution in [-0.2, 0) is 5.41 Å². The summed E-state index contributed by atoms with van der Waals surface area (Å²) >= 11 is 0. The molecule has 2 rings (SSSR count). The highest BCUT2D eigenvalue weighted by Gasteiger charge is 2.14. The second kappa shape index (κ2) is 5.80. The molecule has 2 nitrogen and oxygen atoms in total. The van der Waals surface area contributed by atoms with Crippen LogP contribution in [0.2, 0.25) is 0 Å². The highest BCUT2D eigenvalue weighted by atomic mass is 16.3. The number of hydrogen-bond donors (Lipinski definition) is 2. The van der Waals surface area contributed by atoms with Crippen LogP contribution in [0.4, 0.5) is 5.69 Å². The second-order valence-corrected chi connectivity index (χ2v) is 6.74. The van der Waals surface area contributed by atoms with E-state index in [9.17, 15) is 5.11 Å². The maximum atomic E-state index is 9.57. The first kappa shape index (κ1) is 15.4. The van der Waals surface area contributed by atoms with Crippen molar-refractivity contribution in [1.82, 2.24) is 0 Å². The van der Waals surface area contributed by atoms with Gasteiger partial charge in [-0.05, 0) is 54.2 Å². The van der Waals surface area contributed by atoms with Gasteiger partial charge in [0.1, 0.15) is 5.75 Å². The average Bonchev–Trinajstić information content (AvgIpc) is 2.42. The summed E-state index contributed by atoms with van der Waals surface area (Å²) in [7, 11) is 0. The number of aromatic hydroxyl groups is 1. The minimum atomic E-state index is 0.184. The molecule has 0 fully saturated rings. The summed E-state index contributed by atoms with van der Waals surface area (Å²) in [5.41, 5.74) is 4.70. The molecule has 2 heteroatoms. The van der Waals surface area contributed by atoms with E-state index < -0.39 is 0 Å². The Labute approximate surface area is 127 Å². The quantitative estimate of drug-likeness (QED) is 0.761. The van der Waals surface area contributed by atoms with Gasteiger partial charge in [-0.25, -0.2) is 0 Å². The number of rotatable bonds is 3. The Morgan fingerprint density at radius 1 is 1.00 bits per heavy atom. The molecule has 0 saturated carbocycles. The zero-order valence-electron chi connectivity index (χ0n) is 13.6. The van der Waals surface area contributed by atoms with E-state index in [1.165, 1.54) is 11.1 Å². The van der Waals surface area contributed by atoms with Crippen molar-refractivity contribution in [2.75, 3.05) is 5.32 Å². The zero-order chi connectivity index (χ0) is 15.6. The zero-order valence-corrected chi connectivity index (χ0v) is 13.6. The monoisotopic (exact) mass is 283 g/mol. The van der Waals surface area contributed by atoms with E-state index in [0.717, 1.165) is 11.3 Å². The van der Waals surface area contributed by atoms with Gasteiger partial charge in [0.2, 0.25) is 0 Å². The van der Waals surface area contributed by atoms with Crippen LogP contribution in [0, 0.1) is 6.92 Å². The number of nitrogens with one attached hydrogen (secondary N) is 1. The Balaban J connectivity index is 2.13. The predicted molar refractivity (Wildman–Crippen MR) is 90.0 cm³/mol. The van der Waals surface area contributed by atoms with E-state index in [-0.39, 0.29) is 11.5 Å². The molecule has 0 bridgehead atoms. The first-order valence-electron chi connectivity index (χ1n) is 7.44. The standard InChI is InChI=1S/C19H25NO/c1-13-12-17(10-11-18(13)21)20-14(2)15-6-8-16(9-7-15)19(3,4)5/h6-12,14,20-21H,1-5H3. The summed E-state index contributed by atoms with van der Waals surface area (Å²) < 4.78 is 0. The third-order valence-electron chi connectivity index (χ3n) is 3.86. The van der Waals surface area contributed by atoms with Gasteiger partial charge in [0.25, 0.3) is 0 Å². The topological polar surface area (TPSA) is 32.3 Å². The lowest BCUT2D eigenvalue weighted by molar-refractivity contribution is 0.471. The Hall–Kier alpha value is -1.96. The molecule has 0 aliphatic heterocycles. The Morgan fingerprint density at radius 2 is 1.62 bits per heavy atom. The lowest BCUT2D eigenvalue weighted by Gasteiger charge is -2.21. The number of aryl methyl sites for hydroxylation is 1. The van der Waals surface area contributed by atoms with Crippen molar-refractivity contribution in [2.24, 2.45) is 0 Å². The molecule has 2 N–H and O–H groups in total. The van der Waals surface area contributed by atoms with Crippen molar-refractivity contribution in [1.29, 1.82) is 0 Å². The van der Waals surface area contributed by atoms with E-state index >= 15 is 0 Å². The SMILES string of the molecule is Cc1cc(NC(C)c2ccc(C(C)(C)C)cc2)ccc1O. The predicted octanol–water partition coefficient (Wildman–Crippen LogP) is 5.17. The third-order valence-corrected chi connectivity index (χ3v) is 3.86. The number of phenolic OH excluding ortho intramolecular Hbond substituents is 1. The summed E-state index contributed by atoms with van der Waals surface area (Å²) in [4.78, 5) is 0. The van der Waals surface area contributed by atoms with Gasteiger partial charge in [0.15, 0.2) is 0 Å². The minimum Gasteiger partial charge on any atom is -0.508 e. The number of benzene rings is 2. The van der Waals surface area contributed by atoms with Crippen LogP contribution in [0.3, 0.4) is 0 Å². The molecule has 0 radical (unpaired) electrons. The summed E-state index contributed by atoms with van der Waals surface area (Å²) in [6.07, 6.45) is 0. The van der Waals surface area contributed by atoms with Crippen LogP contribution >= 0.6 is 0 Å². The van der Waals surface area contributed by atoms with Crippen LogP contribution in [0.15, 0.2) is 42.5 Å². The number of phenols is 1. The van der Waals surface area contributed by atoms with E-state index in [0.29, 0.717) is 5.75 Å². The number of hydrogen-bond acceptors (Lipinski definition) is 2. The lowest BCUT2D eigenvalue weighted by Crippen LogP contribution is -2.12. The van der Waals surface area contributed by atoms with Gasteiger partial charge < -0.3 is 10.4 Å². The highest BCUT2D eigenvalue weighted by Crippen LogP contribution is 2.26. The van der Waals surface area contributed by atoms with Crippen molar-refractivity contribution >= 4 is 5.69 Å². The fraction of sp³-hybridized carbons (Fsp3) is 0.368. The van der Waals surface area contributed by atoms with E-state index in [1.807, 2.05) is 19.1 Å². The Morgan fingerprint density at radius 3 is 2.14 bits per heavy atom. The van der Waals surface area contributed by atoms with Crippen molar-refractivity contribution < 1.29 is 5.11 Å². The first-order chi connectivity index (χ1) is 9.77. The lowest BCUT2D eigenvalue weighted by atomic mass is 9.86. The van der Waals surface area contributed by atoms with Gasteiger partial charge in [-0.15, -0.1) is 0 Å². The normalized spacial score (nSPS) is 13.0. The molecule has 2 aromatic rings. The van der Waals surface area contributed by atoms with Crippen molar-refractivity contribution in [3.05, 3.63) is 59.2 Å². The molecular formula is C19H25NO. The van der Waals surface area contributed by atoms with E-state index in [4.69, 9.17) is 0 Å². The fourth-order valence-electron chi connectivity index (χ4n) is 2.35. The van der Waals surface area contributed by atoms with Crippen molar-refractivity contribution in [3.63, 3.8) is 0 Å². The summed E-state index contributed by atoms with van der Waals surface area (Å²) in [6, 6.07) is 14.6. The molecule has 1 unspecified atom stereocenters. The van der Waals surface area contributed by atoms with Gasteiger partial charge in [-0.2, -0.15) is 0 Å². The third kappa shape index (κ3) is 3.78. The molecule has 2 aromatic carbocycles. The van der Waals surface area contributed by atoms with Crippen LogP contribution < -0.4 is 5.32 Å². The number of anilines is 1. The fourth-order valence-corrected chi connectivity index (χ4v) is 2.35. The second-order valence-electron chi connectivity index (χ2n) is 6.74. The van der Waals surface area contributed by atoms with Crippen molar-refractivity contribution in [3.8, 4) is 5.75 Å². The molecule has 0 aliphatic rings. The molecule has 21 heavy (non-hydrogen) atoms. The summed E-state index contributed by atoms with van der Waals surface area (Å²) in [5, 5.41) is 13.0. The van der Waals surface area contributed by atoms with Gasteiger partial charge >= 0.3 is 0 Å². The minimum absolute atomic E-state index is 0.184. The van der Waals surface area contributed by atoms with Gasteiger partial charge in [-0.1, -0.05) is 45.0 Å². The van der Waals surface area contributed by atoms with Gasteiger partial charge in [0.05, 0.1) is 0 Å². The largest absolute Gasteiger partial charge is 0.508 e. The molecule has 0 spiro atoms. The first-order valence-corrected chi connectivity index (χ1v) is 7.44. The van der Waals surface area contributed by atoms with Gasteiger partial charge in [0, 0.05) is 11.7 Å². The average molecular weight is 283 g/mol. The maximum Gasteiger partial charge on any atom is 0.118 e.